The van der Waals surface area contributed by atoms with Crippen LogP contribution in [0.25, 0.3) is 20.8 Å². The summed E-state index contributed by atoms with van der Waals surface area (Å²) in [6.07, 6.45) is 0. The van der Waals surface area contributed by atoms with Crippen LogP contribution in [-0.4, -0.2) is 4.98 Å². The van der Waals surface area contributed by atoms with Crippen LogP contribution in [0.2, 0.25) is 0 Å². The van der Waals surface area contributed by atoms with E-state index in [1.165, 1.54) is 0 Å². The summed E-state index contributed by atoms with van der Waals surface area (Å²) in [5.41, 5.74) is 9.56. The van der Waals surface area contributed by atoms with Crippen molar-refractivity contribution in [2.75, 3.05) is 5.73 Å². The maximum absolute atomic E-state index is 5.91. The lowest BCUT2D eigenvalue weighted by Gasteiger charge is -2.06. The molecule has 84 valence electrons. The fourth-order valence-electron chi connectivity index (χ4n) is 1.81. The Morgan fingerprint density at radius 1 is 1.24 bits per heavy atom. The number of hydrogen-bond acceptors (Lipinski definition) is 3. The van der Waals surface area contributed by atoms with Gasteiger partial charge in [0.25, 0.3) is 0 Å². The Hall–Kier alpha value is -1.94. The van der Waals surface area contributed by atoms with Crippen LogP contribution in [0.4, 0.5) is 5.69 Å². The van der Waals surface area contributed by atoms with Gasteiger partial charge in [-0.25, -0.2) is 4.98 Å². The Labute approximate surface area is 102 Å². The highest BCUT2D eigenvalue weighted by Crippen LogP contribution is 2.30. The molecule has 17 heavy (non-hydrogen) atoms. The number of nitrogens with two attached hydrogens (primary N) is 2. The molecule has 0 radical (unpaired) electrons. The number of anilines is 1. The summed E-state index contributed by atoms with van der Waals surface area (Å²) in [6.45, 7) is 1.99. The van der Waals surface area contributed by atoms with E-state index in [1.807, 2.05) is 37.3 Å². The van der Waals surface area contributed by atoms with Crippen molar-refractivity contribution >= 4 is 27.2 Å². The summed E-state index contributed by atoms with van der Waals surface area (Å²) in [6, 6.07) is 9.77. The number of aryl methyl sites for hydroxylation is 1. The van der Waals surface area contributed by atoms with Crippen molar-refractivity contribution in [2.45, 2.75) is 6.92 Å². The second-order valence-corrected chi connectivity index (χ2v) is 5.20. The SMILES string of the molecule is Cc1cc2nc3ccc(N)cc3sc-2cc1=[NH2+]. The van der Waals surface area contributed by atoms with E-state index in [4.69, 9.17) is 11.1 Å². The second kappa shape index (κ2) is 3.53. The predicted octanol–water partition coefficient (Wildman–Crippen LogP) is 0.952. The fourth-order valence-corrected chi connectivity index (χ4v) is 2.86. The fraction of sp³-hybridized carbons (Fsp3) is 0.0769. The molecule has 1 aromatic carbocycles. The van der Waals surface area contributed by atoms with E-state index in [0.717, 1.165) is 37.4 Å². The van der Waals surface area contributed by atoms with E-state index in [0.29, 0.717) is 0 Å². The summed E-state index contributed by atoms with van der Waals surface area (Å²) in [5, 5.41) is 6.72. The first-order chi connectivity index (χ1) is 8.13. The van der Waals surface area contributed by atoms with Gasteiger partial charge in [0, 0.05) is 17.3 Å². The lowest BCUT2D eigenvalue weighted by molar-refractivity contribution is -0.173. The molecule has 0 unspecified atom stereocenters. The third kappa shape index (κ3) is 1.66. The highest BCUT2D eigenvalue weighted by molar-refractivity contribution is 7.21. The van der Waals surface area contributed by atoms with Gasteiger partial charge in [-0.3, -0.25) is 5.41 Å². The molecule has 1 aliphatic carbocycles. The van der Waals surface area contributed by atoms with E-state index >= 15 is 0 Å². The van der Waals surface area contributed by atoms with Crippen molar-refractivity contribution in [1.29, 1.82) is 0 Å². The van der Waals surface area contributed by atoms with Crippen molar-refractivity contribution in [2.24, 2.45) is 0 Å². The van der Waals surface area contributed by atoms with Gasteiger partial charge in [0.2, 0.25) is 5.36 Å². The minimum Gasteiger partial charge on any atom is -0.399 e. The minimum atomic E-state index is 0.759. The standard InChI is InChI=1S/C13H11N3S/c1-7-4-11-13(6-9(7)15)17-12-5-8(14)2-3-10(12)16-11/h2-6,15H,14H2,1H3/p+1. The Bertz CT molecular complexity index is 745. The first-order valence-electron chi connectivity index (χ1n) is 5.33. The lowest BCUT2D eigenvalue weighted by Crippen LogP contribution is -2.46. The molecular formula is C13H12N3S+. The number of benzene rings is 2. The quantitative estimate of drug-likeness (QED) is 0.455. The zero-order valence-electron chi connectivity index (χ0n) is 9.40. The van der Waals surface area contributed by atoms with Crippen LogP contribution in [-0.2, 0) is 0 Å². The van der Waals surface area contributed by atoms with Crippen molar-refractivity contribution < 1.29 is 5.41 Å². The molecule has 0 saturated carbocycles. The molecule has 0 bridgehead atoms. The number of hydrogen-bond donors (Lipinski definition) is 2. The van der Waals surface area contributed by atoms with Crippen LogP contribution >= 0.6 is 11.3 Å². The highest BCUT2D eigenvalue weighted by Gasteiger charge is 2.09. The summed E-state index contributed by atoms with van der Waals surface area (Å²) in [4.78, 5) is 5.71. The van der Waals surface area contributed by atoms with Gasteiger partial charge in [-0.15, -0.1) is 11.3 Å². The predicted molar refractivity (Wildman–Crippen MR) is 70.5 cm³/mol. The number of aromatic nitrogens is 1. The Balaban J connectivity index is 2.45. The Morgan fingerprint density at radius 3 is 2.88 bits per heavy atom. The molecule has 1 aliphatic heterocycles. The molecule has 0 amide bonds. The second-order valence-electron chi connectivity index (χ2n) is 4.12. The van der Waals surface area contributed by atoms with E-state index in [1.54, 1.807) is 11.3 Å². The van der Waals surface area contributed by atoms with Crippen LogP contribution < -0.4 is 16.5 Å². The van der Waals surface area contributed by atoms with E-state index < -0.39 is 0 Å². The molecule has 0 saturated heterocycles. The van der Waals surface area contributed by atoms with Crippen LogP contribution in [0.3, 0.4) is 0 Å². The first kappa shape index (κ1) is 10.2. The number of nitrogen functional groups attached to an aromatic ring is 1. The minimum absolute atomic E-state index is 0.759. The van der Waals surface area contributed by atoms with Gasteiger partial charge in [-0.1, -0.05) is 0 Å². The van der Waals surface area contributed by atoms with Crippen LogP contribution in [0, 0.1) is 6.92 Å². The third-order valence-corrected chi connectivity index (χ3v) is 3.89. The molecule has 2 aliphatic rings. The molecule has 0 fully saturated rings. The van der Waals surface area contributed by atoms with Gasteiger partial charge in [-0.05, 0) is 31.2 Å². The van der Waals surface area contributed by atoms with Crippen LogP contribution in [0.1, 0.15) is 5.56 Å². The largest absolute Gasteiger partial charge is 0.399 e. The average molecular weight is 242 g/mol. The van der Waals surface area contributed by atoms with E-state index in [9.17, 15) is 0 Å². The summed E-state index contributed by atoms with van der Waals surface area (Å²) in [7, 11) is 0. The number of fused-ring (bicyclic) bond motifs is 2. The molecule has 3 rings (SSSR count). The van der Waals surface area contributed by atoms with Gasteiger partial charge < -0.3 is 5.73 Å². The molecule has 0 spiro atoms. The monoisotopic (exact) mass is 242 g/mol. The molecule has 0 aromatic heterocycles. The third-order valence-electron chi connectivity index (χ3n) is 2.79. The Morgan fingerprint density at radius 2 is 2.06 bits per heavy atom. The van der Waals surface area contributed by atoms with Crippen molar-refractivity contribution in [3.63, 3.8) is 0 Å². The van der Waals surface area contributed by atoms with Gasteiger partial charge in [0.15, 0.2) is 0 Å². The zero-order chi connectivity index (χ0) is 12.0. The first-order valence-corrected chi connectivity index (χ1v) is 6.14. The molecule has 1 aromatic rings. The van der Waals surface area contributed by atoms with E-state index in [2.05, 4.69) is 4.98 Å². The lowest BCUT2D eigenvalue weighted by atomic mass is 10.1. The summed E-state index contributed by atoms with van der Waals surface area (Å²) in [5.74, 6) is 0. The summed E-state index contributed by atoms with van der Waals surface area (Å²) >= 11 is 1.67. The highest BCUT2D eigenvalue weighted by atomic mass is 32.1. The molecule has 0 atom stereocenters. The van der Waals surface area contributed by atoms with Gasteiger partial charge >= 0.3 is 0 Å². The summed E-state index contributed by atoms with van der Waals surface area (Å²) < 4.78 is 1.08. The smallest absolute Gasteiger partial charge is 0.201 e. The Kier molecular flexibility index (Phi) is 2.12. The van der Waals surface area contributed by atoms with Gasteiger partial charge in [-0.2, -0.15) is 0 Å². The average Bonchev–Trinajstić information content (AvgIpc) is 2.28. The molecule has 4 heteroatoms. The van der Waals surface area contributed by atoms with Crippen molar-refractivity contribution in [3.8, 4) is 10.6 Å². The van der Waals surface area contributed by atoms with Crippen molar-refractivity contribution in [3.05, 3.63) is 41.3 Å². The van der Waals surface area contributed by atoms with Crippen LogP contribution in [0.15, 0.2) is 30.3 Å². The van der Waals surface area contributed by atoms with Gasteiger partial charge in [0.05, 0.1) is 20.8 Å². The molecule has 3 nitrogen and oxygen atoms in total. The topological polar surface area (TPSA) is 64.5 Å². The van der Waals surface area contributed by atoms with E-state index in [-0.39, 0.29) is 0 Å². The molecule has 4 N–H and O–H groups in total. The number of rotatable bonds is 0. The van der Waals surface area contributed by atoms with Crippen LogP contribution in [0.5, 0.6) is 0 Å². The van der Waals surface area contributed by atoms with Crippen molar-refractivity contribution in [1.82, 2.24) is 4.98 Å². The maximum atomic E-state index is 5.91. The maximum Gasteiger partial charge on any atom is 0.201 e. The normalized spacial score (nSPS) is 11.1. The molecule has 1 heterocycles. The number of nitrogens with zero attached hydrogens (tertiary/aromatic N) is 1. The zero-order valence-corrected chi connectivity index (χ0v) is 10.2. The van der Waals surface area contributed by atoms with Gasteiger partial charge in [0.1, 0.15) is 0 Å². The molecular weight excluding hydrogens is 230 g/mol.